The second kappa shape index (κ2) is 13.6. The average molecular weight is 530 g/mol. The third-order valence-corrected chi connectivity index (χ3v) is 4.51. The molecule has 202 valence electrons. The molecule has 2 aromatic rings. The van der Waals surface area contributed by atoms with Crippen LogP contribution < -0.4 is 4.74 Å². The van der Waals surface area contributed by atoms with Crippen LogP contribution >= 0.6 is 0 Å². The van der Waals surface area contributed by atoms with E-state index in [9.17, 15) is 26.3 Å². The molecule has 3 rings (SSSR count). The minimum Gasteiger partial charge on any atom is -0.486 e. The number of aliphatic carboxylic acids is 2. The lowest BCUT2D eigenvalue weighted by molar-refractivity contribution is -0.193. The van der Waals surface area contributed by atoms with E-state index in [0.29, 0.717) is 6.61 Å². The van der Waals surface area contributed by atoms with Crippen LogP contribution in [0.25, 0.3) is 0 Å². The van der Waals surface area contributed by atoms with Crippen LogP contribution in [0.2, 0.25) is 0 Å². The van der Waals surface area contributed by atoms with Crippen molar-refractivity contribution in [2.75, 3.05) is 26.8 Å². The molecular formula is C20H24F6N4O6. The topological polar surface area (TPSA) is 127 Å². The Bertz CT molecular complexity index is 958. The van der Waals surface area contributed by atoms with E-state index in [4.69, 9.17) is 29.3 Å². The van der Waals surface area contributed by atoms with Crippen LogP contribution in [0, 0.1) is 0 Å². The Morgan fingerprint density at radius 1 is 1.11 bits per heavy atom. The monoisotopic (exact) mass is 530 g/mol. The molecule has 1 aliphatic heterocycles. The first kappa shape index (κ1) is 30.6. The van der Waals surface area contributed by atoms with Crippen molar-refractivity contribution in [1.29, 1.82) is 0 Å². The number of hydrogen-bond acceptors (Lipinski definition) is 7. The minimum absolute atomic E-state index is 0.479. The van der Waals surface area contributed by atoms with Gasteiger partial charge in [-0.2, -0.15) is 31.4 Å². The first-order chi connectivity index (χ1) is 16.7. The smallest absolute Gasteiger partial charge is 0.486 e. The maximum atomic E-state index is 10.6. The van der Waals surface area contributed by atoms with Gasteiger partial charge in [0.2, 0.25) is 0 Å². The molecule has 0 spiro atoms. The molecule has 16 heteroatoms. The number of hydrogen-bond donors (Lipinski definition) is 2. The molecule has 10 nitrogen and oxygen atoms in total. The number of fused-ring (bicyclic) bond motifs is 1. The number of nitrogens with zero attached hydrogens (tertiary/aromatic N) is 4. The maximum absolute atomic E-state index is 10.6. The van der Waals surface area contributed by atoms with Gasteiger partial charge in [-0.3, -0.25) is 14.6 Å². The van der Waals surface area contributed by atoms with Crippen LogP contribution in [-0.4, -0.2) is 81.0 Å². The zero-order chi connectivity index (χ0) is 27.5. The zero-order valence-corrected chi connectivity index (χ0v) is 19.1. The second-order valence-corrected chi connectivity index (χ2v) is 7.10. The van der Waals surface area contributed by atoms with Gasteiger partial charge in [0.25, 0.3) is 0 Å². The second-order valence-electron chi connectivity index (χ2n) is 7.10. The molecule has 0 aliphatic carbocycles. The molecule has 0 fully saturated rings. The number of methoxy groups -OCH3 is 1. The molecular weight excluding hydrogens is 506 g/mol. The number of aromatic nitrogens is 3. The molecule has 0 amide bonds. The normalized spacial score (nSPS) is 13.4. The predicted molar refractivity (Wildman–Crippen MR) is 110 cm³/mol. The number of halogens is 6. The van der Waals surface area contributed by atoms with E-state index >= 15 is 0 Å². The number of alkyl halides is 6. The lowest BCUT2D eigenvalue weighted by atomic mass is 10.1. The summed E-state index contributed by atoms with van der Waals surface area (Å²) in [7, 11) is 3.75. The molecule has 0 atom stereocenters. The molecule has 0 radical (unpaired) electrons. The SMILES string of the molecule is COCCN1CCc2c(c(COc3cccnc3)nn2C)C1.O=C(O)C(F)(F)F.O=C(O)C(F)(F)F. The molecule has 0 bridgehead atoms. The number of carboxylic acid groups (broad SMARTS) is 2. The highest BCUT2D eigenvalue weighted by molar-refractivity contribution is 5.73. The van der Waals surface area contributed by atoms with Crippen LogP contribution in [-0.2, 0) is 40.9 Å². The fourth-order valence-corrected chi connectivity index (χ4v) is 2.84. The van der Waals surface area contributed by atoms with E-state index in [-0.39, 0.29) is 0 Å². The summed E-state index contributed by atoms with van der Waals surface area (Å²) >= 11 is 0. The summed E-state index contributed by atoms with van der Waals surface area (Å²) in [5.41, 5.74) is 3.63. The third-order valence-electron chi connectivity index (χ3n) is 4.51. The predicted octanol–water partition coefficient (Wildman–Crippen LogP) is 2.67. The Kier molecular flexibility index (Phi) is 11.6. The standard InChI is InChI=1S/C16H22N4O2.2C2HF3O2/c1-19-16-5-7-20(8-9-21-2)11-14(16)15(18-19)12-22-13-4-3-6-17-10-13;2*3-2(4,5)1(6)7/h3-4,6,10H,5,7-9,11-12H2,1-2H3;2*(H,6,7). The van der Waals surface area contributed by atoms with Crippen LogP contribution in [0.3, 0.4) is 0 Å². The largest absolute Gasteiger partial charge is 0.490 e. The molecule has 0 saturated heterocycles. The van der Waals surface area contributed by atoms with E-state index in [1.807, 2.05) is 23.9 Å². The fraction of sp³-hybridized carbons (Fsp3) is 0.500. The summed E-state index contributed by atoms with van der Waals surface area (Å²) < 4.78 is 76.4. The summed E-state index contributed by atoms with van der Waals surface area (Å²) in [6, 6.07) is 3.78. The van der Waals surface area contributed by atoms with Crippen molar-refractivity contribution in [3.05, 3.63) is 41.5 Å². The van der Waals surface area contributed by atoms with Crippen molar-refractivity contribution in [2.24, 2.45) is 7.05 Å². The lowest BCUT2D eigenvalue weighted by Crippen LogP contribution is -2.33. The first-order valence-corrected chi connectivity index (χ1v) is 10.0. The van der Waals surface area contributed by atoms with Gasteiger partial charge in [-0.15, -0.1) is 0 Å². The first-order valence-electron chi connectivity index (χ1n) is 10.0. The molecule has 2 N–H and O–H groups in total. The number of rotatable bonds is 6. The van der Waals surface area contributed by atoms with E-state index < -0.39 is 24.3 Å². The Balaban J connectivity index is 0.000000383. The summed E-state index contributed by atoms with van der Waals surface area (Å²) in [5, 5.41) is 18.9. The van der Waals surface area contributed by atoms with Gasteiger partial charge >= 0.3 is 24.3 Å². The molecule has 2 aromatic heterocycles. The Morgan fingerprint density at radius 3 is 2.17 bits per heavy atom. The number of aryl methyl sites for hydroxylation is 1. The third kappa shape index (κ3) is 10.5. The quantitative estimate of drug-likeness (QED) is 0.542. The van der Waals surface area contributed by atoms with Gasteiger partial charge in [0, 0.05) is 57.7 Å². The number of ether oxygens (including phenoxy) is 2. The van der Waals surface area contributed by atoms with Crippen LogP contribution in [0.15, 0.2) is 24.5 Å². The van der Waals surface area contributed by atoms with Crippen LogP contribution in [0.5, 0.6) is 5.75 Å². The number of pyridine rings is 1. The average Bonchev–Trinajstić information content (AvgIpc) is 3.11. The van der Waals surface area contributed by atoms with Gasteiger partial charge in [-0.25, -0.2) is 9.59 Å². The van der Waals surface area contributed by atoms with Gasteiger partial charge < -0.3 is 19.7 Å². The van der Waals surface area contributed by atoms with E-state index in [0.717, 1.165) is 44.1 Å². The highest BCUT2D eigenvalue weighted by Gasteiger charge is 2.38. The molecule has 0 saturated carbocycles. The van der Waals surface area contributed by atoms with Gasteiger partial charge in [0.05, 0.1) is 12.8 Å². The van der Waals surface area contributed by atoms with Crippen molar-refractivity contribution < 1.29 is 55.6 Å². The maximum Gasteiger partial charge on any atom is 0.490 e. The zero-order valence-electron chi connectivity index (χ0n) is 19.1. The van der Waals surface area contributed by atoms with Crippen LogP contribution in [0.4, 0.5) is 26.3 Å². The van der Waals surface area contributed by atoms with Gasteiger partial charge in [0.15, 0.2) is 0 Å². The molecule has 0 unspecified atom stereocenters. The van der Waals surface area contributed by atoms with E-state index in [2.05, 4.69) is 15.0 Å². The van der Waals surface area contributed by atoms with Crippen molar-refractivity contribution in [3.63, 3.8) is 0 Å². The fourth-order valence-electron chi connectivity index (χ4n) is 2.84. The van der Waals surface area contributed by atoms with Gasteiger partial charge in [-0.1, -0.05) is 0 Å². The summed E-state index contributed by atoms with van der Waals surface area (Å²) in [4.78, 5) is 24.3. The Labute approximate surface area is 201 Å². The van der Waals surface area contributed by atoms with E-state index in [1.54, 1.807) is 19.5 Å². The van der Waals surface area contributed by atoms with Crippen LogP contribution in [0.1, 0.15) is 17.0 Å². The summed E-state index contributed by atoms with van der Waals surface area (Å²) in [5.74, 6) is -4.74. The van der Waals surface area contributed by atoms with Gasteiger partial charge in [-0.05, 0) is 12.1 Å². The summed E-state index contributed by atoms with van der Waals surface area (Å²) in [6.45, 7) is 4.16. The Morgan fingerprint density at radius 2 is 1.69 bits per heavy atom. The van der Waals surface area contributed by atoms with Crippen molar-refractivity contribution >= 4 is 11.9 Å². The van der Waals surface area contributed by atoms with Crippen molar-refractivity contribution in [1.82, 2.24) is 19.7 Å². The highest BCUT2D eigenvalue weighted by atomic mass is 19.4. The highest BCUT2D eigenvalue weighted by Crippen LogP contribution is 2.23. The molecule has 0 aromatic carbocycles. The Hall–Kier alpha value is -3.40. The van der Waals surface area contributed by atoms with Crippen molar-refractivity contribution in [3.8, 4) is 5.75 Å². The van der Waals surface area contributed by atoms with Gasteiger partial charge in [0.1, 0.15) is 18.1 Å². The number of carbonyl (C=O) groups is 2. The number of carboxylic acids is 2. The molecule has 1 aliphatic rings. The summed E-state index contributed by atoms with van der Waals surface area (Å²) in [6.07, 6.45) is -5.68. The minimum atomic E-state index is -5.08. The molecule has 3 heterocycles. The molecule has 36 heavy (non-hydrogen) atoms. The lowest BCUT2D eigenvalue weighted by Gasteiger charge is -2.27. The van der Waals surface area contributed by atoms with E-state index in [1.165, 1.54) is 11.3 Å². The van der Waals surface area contributed by atoms with Crippen molar-refractivity contribution in [2.45, 2.75) is 31.9 Å².